The summed E-state index contributed by atoms with van der Waals surface area (Å²) in [6.07, 6.45) is 5.11. The van der Waals surface area contributed by atoms with Crippen LogP contribution < -0.4 is 10.1 Å². The summed E-state index contributed by atoms with van der Waals surface area (Å²) in [6.45, 7) is 0.593. The number of hydrogen-bond donors (Lipinski definition) is 1. The number of nitriles is 2. The highest BCUT2D eigenvalue weighted by molar-refractivity contribution is 5.79. The summed E-state index contributed by atoms with van der Waals surface area (Å²) in [5, 5.41) is 21.4. The van der Waals surface area contributed by atoms with Gasteiger partial charge in [0, 0.05) is 18.7 Å². The van der Waals surface area contributed by atoms with Crippen LogP contribution >= 0.6 is 0 Å². The maximum absolute atomic E-state index is 14.2. The predicted molar refractivity (Wildman–Crippen MR) is 126 cm³/mol. The van der Waals surface area contributed by atoms with Crippen molar-refractivity contribution in [2.45, 2.75) is 51.8 Å². The largest absolute Gasteiger partial charge is 0.436 e. The van der Waals surface area contributed by atoms with E-state index in [1.165, 1.54) is 13.2 Å². The molecule has 9 nitrogen and oxygen atoms in total. The molecule has 3 aliphatic rings. The average Bonchev–Trinajstić information content (AvgIpc) is 3.14. The van der Waals surface area contributed by atoms with Crippen LogP contribution in [0.15, 0.2) is 18.2 Å². The van der Waals surface area contributed by atoms with Gasteiger partial charge in [-0.25, -0.2) is 4.98 Å². The van der Waals surface area contributed by atoms with E-state index in [4.69, 9.17) is 14.7 Å². The van der Waals surface area contributed by atoms with Crippen LogP contribution in [-0.2, 0) is 11.3 Å². The number of alkyl halides is 2. The number of anilines is 1. The molecule has 1 aromatic carbocycles. The zero-order chi connectivity index (χ0) is 25.7. The zero-order valence-electron chi connectivity index (χ0n) is 20.0. The Labute approximate surface area is 206 Å². The van der Waals surface area contributed by atoms with Gasteiger partial charge in [-0.15, -0.1) is 0 Å². The number of aryl methyl sites for hydroxylation is 2. The van der Waals surface area contributed by atoms with Crippen LogP contribution in [0, 0.1) is 41.9 Å². The van der Waals surface area contributed by atoms with E-state index < -0.39 is 6.55 Å². The van der Waals surface area contributed by atoms with Gasteiger partial charge in [0.15, 0.2) is 11.2 Å². The molecule has 3 aromatic rings. The van der Waals surface area contributed by atoms with Crippen LogP contribution in [0.25, 0.3) is 17.2 Å². The first-order valence-electron chi connectivity index (χ1n) is 11.3. The van der Waals surface area contributed by atoms with E-state index in [-0.39, 0.29) is 46.4 Å². The maximum atomic E-state index is 14.2. The first kappa shape index (κ1) is 23.6. The van der Waals surface area contributed by atoms with Crippen molar-refractivity contribution in [3.05, 3.63) is 40.7 Å². The summed E-state index contributed by atoms with van der Waals surface area (Å²) in [4.78, 5) is 13.2. The summed E-state index contributed by atoms with van der Waals surface area (Å²) in [7, 11) is 1.40. The second-order valence-corrected chi connectivity index (χ2v) is 9.51. The molecule has 3 saturated carbocycles. The van der Waals surface area contributed by atoms with Crippen molar-refractivity contribution < 1.29 is 18.3 Å². The van der Waals surface area contributed by atoms with Crippen LogP contribution in [0.1, 0.15) is 48.3 Å². The molecule has 6 rings (SSSR count). The first-order chi connectivity index (χ1) is 17.2. The number of hydrogen-bond acceptors (Lipinski definition) is 8. The van der Waals surface area contributed by atoms with Crippen LogP contribution in [0.5, 0.6) is 11.6 Å². The lowest BCUT2D eigenvalue weighted by Gasteiger charge is -2.66. The number of imidazole rings is 1. The molecule has 0 unspecified atom stereocenters. The quantitative estimate of drug-likeness (QED) is 0.428. The molecule has 0 radical (unpaired) electrons. The minimum Gasteiger partial charge on any atom is -0.436 e. The Bertz CT molecular complexity index is 1440. The van der Waals surface area contributed by atoms with E-state index in [1.54, 1.807) is 6.08 Å². The van der Waals surface area contributed by atoms with E-state index >= 15 is 0 Å². The fraction of sp³-hybridized carbons (Fsp3) is 0.400. The number of benzene rings is 1. The van der Waals surface area contributed by atoms with Gasteiger partial charge in [0.25, 0.3) is 5.88 Å². The van der Waals surface area contributed by atoms with E-state index in [1.807, 2.05) is 32.0 Å². The molecule has 2 aromatic heterocycles. The smallest absolute Gasteiger partial charge is 0.320 e. The number of aromatic nitrogens is 4. The highest BCUT2D eigenvalue weighted by Crippen LogP contribution is 2.67. The number of fused-ring (bicyclic) bond motifs is 1. The SMILES string of the molecule is COCc1nc2nc(NC34CC(C#N)(C3)C4)nc(Oc3c(C)cc(/C=C/C#N)cc3C)c2n1C(F)F. The van der Waals surface area contributed by atoms with Gasteiger partial charge in [0.1, 0.15) is 18.2 Å². The molecule has 0 atom stereocenters. The summed E-state index contributed by atoms with van der Waals surface area (Å²) < 4.78 is 40.3. The van der Waals surface area contributed by atoms with Gasteiger partial charge in [-0.3, -0.25) is 4.57 Å². The number of halogens is 2. The minimum absolute atomic E-state index is 0.00168. The molecule has 3 fully saturated rings. The number of methoxy groups -OCH3 is 1. The normalized spacial score (nSPS) is 22.2. The Hall–Kier alpha value is -4.09. The minimum atomic E-state index is -2.92. The predicted octanol–water partition coefficient (Wildman–Crippen LogP) is 5.17. The fourth-order valence-electron chi connectivity index (χ4n) is 5.33. The summed E-state index contributed by atoms with van der Waals surface area (Å²) >= 11 is 0. The van der Waals surface area contributed by atoms with Crippen molar-refractivity contribution in [3.63, 3.8) is 0 Å². The topological polar surface area (TPSA) is 122 Å². The zero-order valence-corrected chi connectivity index (χ0v) is 20.0. The first-order valence-corrected chi connectivity index (χ1v) is 11.3. The average molecular weight is 492 g/mol. The molecule has 0 spiro atoms. The Kier molecular flexibility index (Phi) is 5.61. The van der Waals surface area contributed by atoms with E-state index in [9.17, 15) is 14.0 Å². The van der Waals surface area contributed by atoms with Gasteiger partial charge in [0.05, 0.1) is 17.6 Å². The Morgan fingerprint density at radius 1 is 1.17 bits per heavy atom. The van der Waals surface area contributed by atoms with Crippen molar-refractivity contribution in [3.8, 4) is 23.8 Å². The van der Waals surface area contributed by atoms with Crippen LogP contribution in [0.3, 0.4) is 0 Å². The third-order valence-electron chi connectivity index (χ3n) is 6.73. The fourth-order valence-corrected chi connectivity index (χ4v) is 5.33. The lowest BCUT2D eigenvalue weighted by Crippen LogP contribution is -2.70. The van der Waals surface area contributed by atoms with Crippen LogP contribution in [0.4, 0.5) is 14.7 Å². The standard InChI is InChI=1S/C25H23F2N7O2/c1-14-7-16(5-4-6-28)8-15(2)19(14)36-21-18-20(30-17(9-35-3)34(18)22(26)27)31-23(32-21)33-25-10-24(11-25,12-25)13-29/h4-5,7-8,22H,9-12H2,1-3H3,(H,31,32,33)/b5-4+. The monoisotopic (exact) mass is 491 g/mol. The van der Waals surface area contributed by atoms with E-state index in [2.05, 4.69) is 26.3 Å². The molecule has 184 valence electrons. The van der Waals surface area contributed by atoms with Crippen LogP contribution in [-0.4, -0.2) is 32.2 Å². The molecule has 0 aliphatic heterocycles. The number of ether oxygens (including phenoxy) is 2. The second-order valence-electron chi connectivity index (χ2n) is 9.51. The number of allylic oxidation sites excluding steroid dienone is 1. The van der Waals surface area contributed by atoms with Crippen molar-refractivity contribution in [2.24, 2.45) is 5.41 Å². The maximum Gasteiger partial charge on any atom is 0.320 e. The van der Waals surface area contributed by atoms with Gasteiger partial charge < -0.3 is 14.8 Å². The van der Waals surface area contributed by atoms with Gasteiger partial charge in [-0.2, -0.15) is 29.3 Å². The molecule has 2 heterocycles. The van der Waals surface area contributed by atoms with Crippen LogP contribution in [0.2, 0.25) is 0 Å². The molecule has 0 saturated heterocycles. The Balaban J connectivity index is 1.60. The number of rotatable bonds is 8. The number of nitrogens with one attached hydrogen (secondary N) is 1. The van der Waals surface area contributed by atoms with Gasteiger partial charge in [0.2, 0.25) is 5.95 Å². The summed E-state index contributed by atoms with van der Waals surface area (Å²) in [5.74, 6) is 0.596. The van der Waals surface area contributed by atoms with Crippen molar-refractivity contribution >= 4 is 23.2 Å². The van der Waals surface area contributed by atoms with Crippen molar-refractivity contribution in [1.29, 1.82) is 10.5 Å². The molecule has 3 aliphatic carbocycles. The molecule has 2 bridgehead atoms. The number of nitrogens with zero attached hydrogens (tertiary/aromatic N) is 6. The lowest BCUT2D eigenvalue weighted by atomic mass is 9.40. The van der Waals surface area contributed by atoms with Crippen molar-refractivity contribution in [2.75, 3.05) is 12.4 Å². The summed E-state index contributed by atoms with van der Waals surface area (Å²) in [5.41, 5.74) is 1.75. The van der Waals surface area contributed by atoms with Gasteiger partial charge >= 0.3 is 6.55 Å². The highest BCUT2D eigenvalue weighted by atomic mass is 19.3. The molecular weight excluding hydrogens is 468 g/mol. The third-order valence-corrected chi connectivity index (χ3v) is 6.73. The molecule has 0 amide bonds. The third kappa shape index (κ3) is 3.82. The Morgan fingerprint density at radius 3 is 2.44 bits per heavy atom. The summed E-state index contributed by atoms with van der Waals surface area (Å²) in [6, 6.07) is 7.97. The molecular formula is C25H23F2N7O2. The highest BCUT2D eigenvalue weighted by Gasteiger charge is 2.69. The second kappa shape index (κ2) is 8.54. The van der Waals surface area contributed by atoms with Gasteiger partial charge in [-0.1, -0.05) is 0 Å². The van der Waals surface area contributed by atoms with E-state index in [0.717, 1.165) is 21.3 Å². The molecule has 36 heavy (non-hydrogen) atoms. The lowest BCUT2D eigenvalue weighted by molar-refractivity contribution is -0.0665. The van der Waals surface area contributed by atoms with E-state index in [0.29, 0.717) is 25.0 Å². The van der Waals surface area contributed by atoms with Crippen molar-refractivity contribution in [1.82, 2.24) is 19.5 Å². The molecule has 1 N–H and O–H groups in total. The Morgan fingerprint density at radius 2 is 1.86 bits per heavy atom. The molecule has 11 heteroatoms. The van der Waals surface area contributed by atoms with Gasteiger partial charge in [-0.05, 0) is 68.0 Å².